The number of nitrogens with zero attached hydrogens (tertiary/aromatic N) is 2. The lowest BCUT2D eigenvalue weighted by molar-refractivity contribution is -0.116. The van der Waals surface area contributed by atoms with Gasteiger partial charge in [0.25, 0.3) is 5.56 Å². The summed E-state index contributed by atoms with van der Waals surface area (Å²) in [6.07, 6.45) is 0.137. The van der Waals surface area contributed by atoms with Crippen LogP contribution in [0.2, 0.25) is 0 Å². The molecule has 1 amide bonds. The second-order valence-corrected chi connectivity index (χ2v) is 6.08. The fourth-order valence-electron chi connectivity index (χ4n) is 2.79. The minimum Gasteiger partial charge on any atom is -0.326 e. The van der Waals surface area contributed by atoms with Gasteiger partial charge in [0.2, 0.25) is 5.91 Å². The Morgan fingerprint density at radius 1 is 1.12 bits per heavy atom. The molecule has 26 heavy (non-hydrogen) atoms. The molecule has 0 saturated heterocycles. The summed E-state index contributed by atoms with van der Waals surface area (Å²) in [6, 6.07) is 14.1. The van der Waals surface area contributed by atoms with E-state index in [9.17, 15) is 14.4 Å². The Balaban J connectivity index is 1.77. The van der Waals surface area contributed by atoms with E-state index in [4.69, 9.17) is 0 Å². The van der Waals surface area contributed by atoms with Crippen molar-refractivity contribution in [2.75, 3.05) is 5.32 Å². The zero-order valence-electron chi connectivity index (χ0n) is 14.7. The van der Waals surface area contributed by atoms with Crippen molar-refractivity contribution in [3.8, 4) is 0 Å². The normalized spacial score (nSPS) is 10.7. The second kappa shape index (κ2) is 7.31. The quantitative estimate of drug-likeness (QED) is 0.718. The van der Waals surface area contributed by atoms with Gasteiger partial charge in [0.15, 0.2) is 5.78 Å². The van der Waals surface area contributed by atoms with Crippen molar-refractivity contribution in [2.24, 2.45) is 0 Å². The van der Waals surface area contributed by atoms with Crippen LogP contribution in [0, 0.1) is 6.92 Å². The number of Topliss-reactive ketones (excluding diaryl/α,β-unsaturated/α-hetero) is 1. The number of rotatable bonds is 5. The number of para-hydroxylation sites is 2. The molecule has 0 spiro atoms. The lowest BCUT2D eigenvalue weighted by atomic mass is 10.1. The van der Waals surface area contributed by atoms with Gasteiger partial charge in [-0.15, -0.1) is 0 Å². The number of carbonyl (C=O) groups excluding carboxylic acids is 2. The van der Waals surface area contributed by atoms with Gasteiger partial charge in [0, 0.05) is 24.2 Å². The van der Waals surface area contributed by atoms with Gasteiger partial charge in [-0.1, -0.05) is 24.3 Å². The first kappa shape index (κ1) is 17.5. The number of carbonyl (C=O) groups is 2. The van der Waals surface area contributed by atoms with Crippen molar-refractivity contribution in [2.45, 2.75) is 26.8 Å². The van der Waals surface area contributed by atoms with Gasteiger partial charge in [-0.25, -0.2) is 4.98 Å². The van der Waals surface area contributed by atoms with E-state index in [1.54, 1.807) is 35.8 Å². The highest BCUT2D eigenvalue weighted by molar-refractivity contribution is 5.97. The molecule has 0 aliphatic heterocycles. The zero-order chi connectivity index (χ0) is 18.7. The Kier molecular flexibility index (Phi) is 4.93. The van der Waals surface area contributed by atoms with Gasteiger partial charge >= 0.3 is 0 Å². The third-order valence-corrected chi connectivity index (χ3v) is 4.13. The summed E-state index contributed by atoms with van der Waals surface area (Å²) in [6.45, 7) is 3.39. The number of hydrogen-bond donors (Lipinski definition) is 1. The van der Waals surface area contributed by atoms with Crippen LogP contribution in [-0.4, -0.2) is 21.2 Å². The molecule has 1 N–H and O–H groups in total. The lowest BCUT2D eigenvalue weighted by Crippen LogP contribution is -2.26. The van der Waals surface area contributed by atoms with E-state index in [1.807, 2.05) is 24.3 Å². The molecule has 1 heterocycles. The van der Waals surface area contributed by atoms with Crippen molar-refractivity contribution in [1.29, 1.82) is 0 Å². The summed E-state index contributed by atoms with van der Waals surface area (Å²) in [5.41, 5.74) is 2.72. The van der Waals surface area contributed by atoms with Gasteiger partial charge in [0.05, 0.1) is 11.0 Å². The number of hydrogen-bond acceptors (Lipinski definition) is 4. The van der Waals surface area contributed by atoms with Gasteiger partial charge in [0.1, 0.15) is 5.69 Å². The maximum absolute atomic E-state index is 12.4. The first-order chi connectivity index (χ1) is 12.5. The highest BCUT2D eigenvalue weighted by atomic mass is 16.2. The number of ketones is 1. The van der Waals surface area contributed by atoms with E-state index < -0.39 is 0 Å². The molecule has 0 bridgehead atoms. The second-order valence-electron chi connectivity index (χ2n) is 6.08. The molecule has 0 unspecified atom stereocenters. The highest BCUT2D eigenvalue weighted by Crippen LogP contribution is 2.13. The van der Waals surface area contributed by atoms with E-state index in [0.29, 0.717) is 22.5 Å². The summed E-state index contributed by atoms with van der Waals surface area (Å²) in [7, 11) is 0. The molecule has 0 aliphatic rings. The standard InChI is InChI=1S/C20H19N3O3/c1-13-20(26)23(18-9-4-3-8-17(18)21-13)11-10-19(25)22-16-7-5-6-15(12-16)14(2)24/h3-9,12H,10-11H2,1-2H3,(H,22,25). The fourth-order valence-corrected chi connectivity index (χ4v) is 2.79. The molecule has 132 valence electrons. The summed E-state index contributed by atoms with van der Waals surface area (Å²) in [5.74, 6) is -0.289. The molecule has 1 aromatic heterocycles. The largest absolute Gasteiger partial charge is 0.326 e. The Morgan fingerprint density at radius 2 is 1.88 bits per heavy atom. The van der Waals surface area contributed by atoms with Crippen LogP contribution in [0.5, 0.6) is 0 Å². The van der Waals surface area contributed by atoms with Gasteiger partial charge in [-0.3, -0.25) is 14.4 Å². The monoisotopic (exact) mass is 349 g/mol. The van der Waals surface area contributed by atoms with Crippen LogP contribution < -0.4 is 10.9 Å². The maximum Gasteiger partial charge on any atom is 0.272 e. The van der Waals surface area contributed by atoms with Crippen molar-refractivity contribution < 1.29 is 9.59 Å². The van der Waals surface area contributed by atoms with E-state index in [0.717, 1.165) is 5.52 Å². The zero-order valence-corrected chi connectivity index (χ0v) is 14.7. The Hall–Kier alpha value is -3.28. The van der Waals surface area contributed by atoms with Crippen LogP contribution in [0.25, 0.3) is 11.0 Å². The van der Waals surface area contributed by atoms with Crippen molar-refractivity contribution in [1.82, 2.24) is 9.55 Å². The number of benzene rings is 2. The SMILES string of the molecule is CC(=O)c1cccc(NC(=O)CCn2c(=O)c(C)nc3ccccc32)c1. The number of aryl methyl sites for hydroxylation is 2. The molecule has 0 aliphatic carbocycles. The summed E-state index contributed by atoms with van der Waals surface area (Å²) < 4.78 is 1.57. The predicted octanol–water partition coefficient (Wildman–Crippen LogP) is 2.94. The van der Waals surface area contributed by atoms with Crippen LogP contribution in [0.15, 0.2) is 53.3 Å². The summed E-state index contributed by atoms with van der Waals surface area (Å²) in [4.78, 5) is 40.4. The maximum atomic E-state index is 12.4. The van der Waals surface area contributed by atoms with E-state index in [2.05, 4.69) is 10.3 Å². The van der Waals surface area contributed by atoms with Gasteiger partial charge < -0.3 is 9.88 Å². The number of amides is 1. The fraction of sp³-hybridized carbons (Fsp3) is 0.200. The number of nitrogens with one attached hydrogen (secondary N) is 1. The Labute approximate surface area is 150 Å². The first-order valence-electron chi connectivity index (χ1n) is 8.33. The van der Waals surface area contributed by atoms with Crippen molar-refractivity contribution in [3.63, 3.8) is 0 Å². The van der Waals surface area contributed by atoms with Crippen molar-refractivity contribution >= 4 is 28.4 Å². The summed E-state index contributed by atoms with van der Waals surface area (Å²) in [5, 5.41) is 2.77. The molecular weight excluding hydrogens is 330 g/mol. The number of anilines is 1. The molecule has 0 atom stereocenters. The van der Waals surface area contributed by atoms with Crippen LogP contribution >= 0.6 is 0 Å². The predicted molar refractivity (Wildman–Crippen MR) is 100 cm³/mol. The molecule has 0 radical (unpaired) electrons. The Bertz CT molecular complexity index is 1050. The van der Waals surface area contributed by atoms with E-state index in [1.165, 1.54) is 6.92 Å². The topological polar surface area (TPSA) is 81.1 Å². The average molecular weight is 349 g/mol. The average Bonchev–Trinajstić information content (AvgIpc) is 2.62. The van der Waals surface area contributed by atoms with Gasteiger partial charge in [-0.2, -0.15) is 0 Å². The first-order valence-corrected chi connectivity index (χ1v) is 8.33. The molecule has 0 saturated carbocycles. The van der Waals surface area contributed by atoms with Crippen LogP contribution in [0.1, 0.15) is 29.4 Å². The minimum absolute atomic E-state index is 0.0635. The smallest absolute Gasteiger partial charge is 0.272 e. The van der Waals surface area contributed by atoms with E-state index in [-0.39, 0.29) is 30.2 Å². The Morgan fingerprint density at radius 3 is 2.65 bits per heavy atom. The van der Waals surface area contributed by atoms with E-state index >= 15 is 0 Å². The third-order valence-electron chi connectivity index (χ3n) is 4.13. The summed E-state index contributed by atoms with van der Waals surface area (Å²) >= 11 is 0. The van der Waals surface area contributed by atoms with Gasteiger partial charge in [-0.05, 0) is 38.1 Å². The van der Waals surface area contributed by atoms with Crippen LogP contribution in [0.3, 0.4) is 0 Å². The molecule has 0 fully saturated rings. The van der Waals surface area contributed by atoms with Crippen molar-refractivity contribution in [3.05, 3.63) is 70.1 Å². The molecular formula is C20H19N3O3. The van der Waals surface area contributed by atoms with Crippen LogP contribution in [-0.2, 0) is 11.3 Å². The third kappa shape index (κ3) is 3.69. The number of fused-ring (bicyclic) bond motifs is 1. The molecule has 2 aromatic carbocycles. The lowest BCUT2D eigenvalue weighted by Gasteiger charge is -2.11. The molecule has 6 heteroatoms. The van der Waals surface area contributed by atoms with Crippen LogP contribution in [0.4, 0.5) is 5.69 Å². The minimum atomic E-state index is -0.226. The highest BCUT2D eigenvalue weighted by Gasteiger charge is 2.10. The molecule has 3 rings (SSSR count). The number of aromatic nitrogens is 2. The molecule has 3 aromatic rings. The molecule has 6 nitrogen and oxygen atoms in total.